The van der Waals surface area contributed by atoms with Crippen molar-refractivity contribution in [2.75, 3.05) is 13.1 Å². The Labute approximate surface area is 111 Å². The first-order valence-corrected chi connectivity index (χ1v) is 6.66. The van der Waals surface area contributed by atoms with Crippen LogP contribution in [0, 0.1) is 6.92 Å². The third kappa shape index (κ3) is 2.22. The Bertz CT molecular complexity index is 511. The minimum absolute atomic E-state index is 0.0144. The molecule has 0 aliphatic carbocycles. The second kappa shape index (κ2) is 4.68. The lowest BCUT2D eigenvalue weighted by Crippen LogP contribution is -2.55. The van der Waals surface area contributed by atoms with Gasteiger partial charge in [0.05, 0.1) is 12.1 Å². The van der Waals surface area contributed by atoms with E-state index in [4.69, 9.17) is 4.52 Å². The highest BCUT2D eigenvalue weighted by Gasteiger charge is 2.39. The third-order valence-electron chi connectivity index (χ3n) is 3.79. The maximum atomic E-state index is 12.3. The van der Waals surface area contributed by atoms with Crippen molar-refractivity contribution >= 4 is 11.8 Å². The number of hydrogen-bond donors (Lipinski definition) is 0. The number of aromatic nitrogens is 1. The zero-order chi connectivity index (χ0) is 13.4. The van der Waals surface area contributed by atoms with Gasteiger partial charge in [-0.05, 0) is 19.8 Å². The normalized spacial score (nSPS) is 22.8. The highest BCUT2D eigenvalue weighted by molar-refractivity contribution is 5.83. The first-order valence-electron chi connectivity index (χ1n) is 6.66. The van der Waals surface area contributed by atoms with Crippen molar-refractivity contribution in [1.82, 2.24) is 15.0 Å². The molecule has 2 aliphatic rings. The average Bonchev–Trinajstić information content (AvgIpc) is 2.99. The van der Waals surface area contributed by atoms with Crippen molar-refractivity contribution in [3.05, 3.63) is 17.5 Å². The van der Waals surface area contributed by atoms with E-state index in [-0.39, 0.29) is 24.4 Å². The Morgan fingerprint density at radius 3 is 3.11 bits per heavy atom. The number of fused-ring (bicyclic) bond motifs is 1. The molecule has 1 aromatic rings. The molecule has 0 aromatic carbocycles. The molecule has 3 rings (SSSR count). The van der Waals surface area contributed by atoms with Gasteiger partial charge >= 0.3 is 0 Å². The van der Waals surface area contributed by atoms with Gasteiger partial charge < -0.3 is 14.3 Å². The molecule has 2 fully saturated rings. The van der Waals surface area contributed by atoms with Crippen LogP contribution in [-0.2, 0) is 16.0 Å². The van der Waals surface area contributed by atoms with Gasteiger partial charge in [0.2, 0.25) is 11.8 Å². The summed E-state index contributed by atoms with van der Waals surface area (Å²) < 4.78 is 5.08. The highest BCUT2D eigenvalue weighted by Crippen LogP contribution is 2.26. The monoisotopic (exact) mass is 263 g/mol. The van der Waals surface area contributed by atoms with Crippen LogP contribution >= 0.6 is 0 Å². The lowest BCUT2D eigenvalue weighted by atomic mass is 10.1. The summed E-state index contributed by atoms with van der Waals surface area (Å²) in [5.41, 5.74) is 0.777. The molecular weight excluding hydrogens is 246 g/mol. The van der Waals surface area contributed by atoms with Gasteiger partial charge in [-0.25, -0.2) is 0 Å². The summed E-state index contributed by atoms with van der Waals surface area (Å²) in [4.78, 5) is 27.7. The number of carbonyl (C=O) groups is 2. The predicted octanol–water partition coefficient (Wildman–Crippen LogP) is 0.706. The van der Waals surface area contributed by atoms with Gasteiger partial charge in [-0.3, -0.25) is 9.59 Å². The molecule has 19 heavy (non-hydrogen) atoms. The van der Waals surface area contributed by atoms with E-state index in [1.165, 1.54) is 0 Å². The third-order valence-corrected chi connectivity index (χ3v) is 3.79. The Morgan fingerprint density at radius 2 is 2.37 bits per heavy atom. The number of nitrogens with zero attached hydrogens (tertiary/aromatic N) is 3. The zero-order valence-electron chi connectivity index (χ0n) is 11.0. The molecule has 102 valence electrons. The van der Waals surface area contributed by atoms with Crippen molar-refractivity contribution in [1.29, 1.82) is 0 Å². The Kier molecular flexibility index (Phi) is 3.00. The first-order chi connectivity index (χ1) is 9.15. The van der Waals surface area contributed by atoms with E-state index in [1.54, 1.807) is 6.07 Å². The van der Waals surface area contributed by atoms with Crippen molar-refractivity contribution in [3.8, 4) is 0 Å². The smallest absolute Gasteiger partial charge is 0.231 e. The number of carbonyl (C=O) groups excluding carboxylic acids is 2. The number of aryl methyl sites for hydroxylation is 1. The molecule has 2 amide bonds. The first kappa shape index (κ1) is 12.2. The Hall–Kier alpha value is -1.85. The fourth-order valence-electron chi connectivity index (χ4n) is 2.91. The fourth-order valence-corrected chi connectivity index (χ4v) is 2.91. The molecule has 2 aliphatic heterocycles. The molecular formula is C13H17N3O3. The minimum atomic E-state index is -0.0437. The summed E-state index contributed by atoms with van der Waals surface area (Å²) in [6.07, 6.45) is 2.46. The largest absolute Gasteiger partial charge is 0.361 e. The van der Waals surface area contributed by atoms with Crippen LogP contribution in [0.15, 0.2) is 10.6 Å². The van der Waals surface area contributed by atoms with Crippen molar-refractivity contribution in [2.45, 2.75) is 38.8 Å². The SMILES string of the molecule is Cc1cc(CC(=O)N2CCC(=O)N3CCCC32)on1. The summed E-state index contributed by atoms with van der Waals surface area (Å²) in [6, 6.07) is 1.78. The summed E-state index contributed by atoms with van der Waals surface area (Å²) in [5, 5.41) is 3.78. The van der Waals surface area contributed by atoms with Crippen LogP contribution < -0.4 is 0 Å². The van der Waals surface area contributed by atoms with Gasteiger partial charge in [-0.15, -0.1) is 0 Å². The van der Waals surface area contributed by atoms with Gasteiger partial charge in [0.1, 0.15) is 11.9 Å². The zero-order valence-corrected chi connectivity index (χ0v) is 11.0. The Morgan fingerprint density at radius 1 is 1.53 bits per heavy atom. The van der Waals surface area contributed by atoms with Crippen molar-refractivity contribution in [2.24, 2.45) is 0 Å². The highest BCUT2D eigenvalue weighted by atomic mass is 16.5. The molecule has 2 saturated heterocycles. The van der Waals surface area contributed by atoms with Crippen LogP contribution in [0.4, 0.5) is 0 Å². The van der Waals surface area contributed by atoms with Gasteiger partial charge in [0.25, 0.3) is 0 Å². The summed E-state index contributed by atoms with van der Waals surface area (Å²) in [5.74, 6) is 0.770. The van der Waals surface area contributed by atoms with Crippen LogP contribution in [0.25, 0.3) is 0 Å². The molecule has 1 aromatic heterocycles. The maximum Gasteiger partial charge on any atom is 0.231 e. The standard InChI is InChI=1S/C13H17N3O3/c1-9-7-10(19-14-9)8-13(18)16-6-4-12(17)15-5-2-3-11(15)16/h7,11H,2-6,8H2,1H3. The van der Waals surface area contributed by atoms with E-state index >= 15 is 0 Å². The molecule has 3 heterocycles. The second-order valence-corrected chi connectivity index (χ2v) is 5.16. The Balaban J connectivity index is 1.71. The van der Waals surface area contributed by atoms with E-state index < -0.39 is 0 Å². The van der Waals surface area contributed by atoms with E-state index in [1.807, 2.05) is 16.7 Å². The van der Waals surface area contributed by atoms with E-state index in [0.29, 0.717) is 18.7 Å². The summed E-state index contributed by atoms with van der Waals surface area (Å²) in [7, 11) is 0. The number of rotatable bonds is 2. The van der Waals surface area contributed by atoms with Crippen molar-refractivity contribution in [3.63, 3.8) is 0 Å². The molecule has 1 atom stereocenters. The molecule has 6 heteroatoms. The summed E-state index contributed by atoms with van der Waals surface area (Å²) >= 11 is 0. The second-order valence-electron chi connectivity index (χ2n) is 5.16. The van der Waals surface area contributed by atoms with Crippen LogP contribution in [0.3, 0.4) is 0 Å². The van der Waals surface area contributed by atoms with Crippen molar-refractivity contribution < 1.29 is 14.1 Å². The minimum Gasteiger partial charge on any atom is -0.361 e. The molecule has 0 spiro atoms. The van der Waals surface area contributed by atoms with E-state index in [2.05, 4.69) is 5.16 Å². The van der Waals surface area contributed by atoms with Gasteiger partial charge in [0, 0.05) is 25.6 Å². The van der Waals surface area contributed by atoms with Gasteiger partial charge in [-0.2, -0.15) is 0 Å². The van der Waals surface area contributed by atoms with Crippen LogP contribution in [0.1, 0.15) is 30.7 Å². The molecule has 1 unspecified atom stereocenters. The van der Waals surface area contributed by atoms with Crippen LogP contribution in [0.5, 0.6) is 0 Å². The fraction of sp³-hybridized carbons (Fsp3) is 0.615. The number of amides is 2. The molecule has 0 N–H and O–H groups in total. The lowest BCUT2D eigenvalue weighted by Gasteiger charge is -2.39. The average molecular weight is 263 g/mol. The van der Waals surface area contributed by atoms with E-state index in [9.17, 15) is 9.59 Å². The van der Waals surface area contributed by atoms with Gasteiger partial charge in [-0.1, -0.05) is 5.16 Å². The van der Waals surface area contributed by atoms with Gasteiger partial charge in [0.15, 0.2) is 0 Å². The molecule has 6 nitrogen and oxygen atoms in total. The number of hydrogen-bond acceptors (Lipinski definition) is 4. The molecule has 0 radical (unpaired) electrons. The van der Waals surface area contributed by atoms with Crippen LogP contribution in [0.2, 0.25) is 0 Å². The quantitative estimate of drug-likeness (QED) is 0.788. The van der Waals surface area contributed by atoms with E-state index in [0.717, 1.165) is 25.1 Å². The molecule has 0 bridgehead atoms. The summed E-state index contributed by atoms with van der Waals surface area (Å²) in [6.45, 7) is 3.12. The van der Waals surface area contributed by atoms with Crippen LogP contribution in [-0.4, -0.2) is 46.0 Å². The lowest BCUT2D eigenvalue weighted by molar-refractivity contribution is -0.150. The molecule has 0 saturated carbocycles. The maximum absolute atomic E-state index is 12.3. The predicted molar refractivity (Wildman–Crippen MR) is 66.0 cm³/mol. The topological polar surface area (TPSA) is 66.7 Å².